The Hall–Kier alpha value is -1.51. The fraction of sp³-hybridized carbons (Fsp3) is 0.533. The van der Waals surface area contributed by atoms with Gasteiger partial charge in [0.05, 0.1) is 0 Å². The van der Waals surface area contributed by atoms with Crippen molar-refractivity contribution in [2.45, 2.75) is 39.5 Å². The van der Waals surface area contributed by atoms with Crippen LogP contribution in [0.15, 0.2) is 18.2 Å². The molecule has 0 saturated carbocycles. The van der Waals surface area contributed by atoms with Crippen LogP contribution in [0.3, 0.4) is 0 Å². The van der Waals surface area contributed by atoms with Gasteiger partial charge in [-0.25, -0.2) is 0 Å². The summed E-state index contributed by atoms with van der Waals surface area (Å²) >= 11 is 0. The lowest BCUT2D eigenvalue weighted by Gasteiger charge is -2.22. The Morgan fingerprint density at radius 3 is 2.61 bits per heavy atom. The number of carbonyl (C=O) groups is 1. The van der Waals surface area contributed by atoms with E-state index in [1.165, 1.54) is 16.8 Å². The number of carboxylic acids is 1. The molecular formula is C15H23NO2. The number of aryl methyl sites for hydroxylation is 1. The summed E-state index contributed by atoms with van der Waals surface area (Å²) in [6, 6.07) is 6.51. The Kier molecular flexibility index (Phi) is 5.20. The van der Waals surface area contributed by atoms with E-state index in [1.54, 1.807) is 0 Å². The van der Waals surface area contributed by atoms with Crippen molar-refractivity contribution in [1.29, 1.82) is 0 Å². The molecule has 3 heteroatoms. The van der Waals surface area contributed by atoms with Gasteiger partial charge >= 0.3 is 5.97 Å². The summed E-state index contributed by atoms with van der Waals surface area (Å²) in [5.74, 6) is -0.215. The van der Waals surface area contributed by atoms with Crippen molar-refractivity contribution in [3.63, 3.8) is 0 Å². The fourth-order valence-electron chi connectivity index (χ4n) is 1.98. The largest absolute Gasteiger partial charge is 0.481 e. The first-order valence-corrected chi connectivity index (χ1v) is 6.45. The van der Waals surface area contributed by atoms with Crippen molar-refractivity contribution in [1.82, 2.24) is 0 Å². The highest BCUT2D eigenvalue weighted by Gasteiger charge is 2.08. The maximum Gasteiger partial charge on any atom is 0.303 e. The monoisotopic (exact) mass is 249 g/mol. The number of aliphatic carboxylic acids is 1. The summed E-state index contributed by atoms with van der Waals surface area (Å²) in [5, 5.41) is 8.65. The second-order valence-corrected chi connectivity index (χ2v) is 5.12. The van der Waals surface area contributed by atoms with E-state index in [-0.39, 0.29) is 6.42 Å². The van der Waals surface area contributed by atoms with E-state index >= 15 is 0 Å². The van der Waals surface area contributed by atoms with E-state index in [0.717, 1.165) is 6.54 Å². The van der Waals surface area contributed by atoms with Crippen molar-refractivity contribution < 1.29 is 9.90 Å². The molecule has 3 nitrogen and oxygen atoms in total. The molecule has 0 atom stereocenters. The van der Waals surface area contributed by atoms with Crippen molar-refractivity contribution in [3.8, 4) is 0 Å². The first-order chi connectivity index (χ1) is 8.41. The van der Waals surface area contributed by atoms with Gasteiger partial charge in [-0.1, -0.05) is 26.0 Å². The van der Waals surface area contributed by atoms with E-state index in [0.29, 0.717) is 12.3 Å². The van der Waals surface area contributed by atoms with Crippen LogP contribution in [0.4, 0.5) is 5.69 Å². The van der Waals surface area contributed by atoms with Gasteiger partial charge in [0.1, 0.15) is 0 Å². The predicted molar refractivity (Wildman–Crippen MR) is 75.4 cm³/mol. The number of anilines is 1. The van der Waals surface area contributed by atoms with Crippen LogP contribution < -0.4 is 4.90 Å². The minimum absolute atomic E-state index is 0.229. The molecule has 0 heterocycles. The topological polar surface area (TPSA) is 40.5 Å². The van der Waals surface area contributed by atoms with Gasteiger partial charge in [0, 0.05) is 25.7 Å². The zero-order valence-corrected chi connectivity index (χ0v) is 11.7. The van der Waals surface area contributed by atoms with Gasteiger partial charge in [0.25, 0.3) is 0 Å². The lowest BCUT2D eigenvalue weighted by atomic mass is 10.00. The SMILES string of the molecule is Cc1ccc(C(C)C)cc1N(C)CCCC(=O)O. The minimum atomic E-state index is -0.726. The second-order valence-electron chi connectivity index (χ2n) is 5.12. The summed E-state index contributed by atoms with van der Waals surface area (Å²) in [5.41, 5.74) is 3.75. The maximum absolute atomic E-state index is 10.5. The third kappa shape index (κ3) is 4.06. The van der Waals surface area contributed by atoms with Gasteiger partial charge in [-0.3, -0.25) is 4.79 Å². The molecular weight excluding hydrogens is 226 g/mol. The van der Waals surface area contributed by atoms with Crippen molar-refractivity contribution in [2.75, 3.05) is 18.5 Å². The summed E-state index contributed by atoms with van der Waals surface area (Å²) < 4.78 is 0. The van der Waals surface area contributed by atoms with Gasteiger partial charge < -0.3 is 10.0 Å². The lowest BCUT2D eigenvalue weighted by Crippen LogP contribution is -2.20. The molecule has 0 fully saturated rings. The Morgan fingerprint density at radius 2 is 2.06 bits per heavy atom. The summed E-state index contributed by atoms with van der Waals surface area (Å²) in [7, 11) is 2.02. The fourth-order valence-corrected chi connectivity index (χ4v) is 1.98. The van der Waals surface area contributed by atoms with Crippen LogP contribution in [-0.4, -0.2) is 24.7 Å². The van der Waals surface area contributed by atoms with Crippen LogP contribution in [0, 0.1) is 6.92 Å². The zero-order valence-electron chi connectivity index (χ0n) is 11.7. The Balaban J connectivity index is 2.74. The highest BCUT2D eigenvalue weighted by Crippen LogP contribution is 2.25. The normalized spacial score (nSPS) is 10.7. The van der Waals surface area contributed by atoms with E-state index in [9.17, 15) is 4.79 Å². The van der Waals surface area contributed by atoms with Gasteiger partial charge in [0.2, 0.25) is 0 Å². The number of benzene rings is 1. The molecule has 0 aliphatic heterocycles. The van der Waals surface area contributed by atoms with Crippen molar-refractivity contribution in [3.05, 3.63) is 29.3 Å². The van der Waals surface area contributed by atoms with E-state index in [2.05, 4.69) is 43.9 Å². The molecule has 100 valence electrons. The van der Waals surface area contributed by atoms with Crippen LogP contribution in [0.25, 0.3) is 0 Å². The first kappa shape index (κ1) is 14.6. The van der Waals surface area contributed by atoms with Crippen LogP contribution in [-0.2, 0) is 4.79 Å². The highest BCUT2D eigenvalue weighted by atomic mass is 16.4. The lowest BCUT2D eigenvalue weighted by molar-refractivity contribution is -0.137. The van der Waals surface area contributed by atoms with Gasteiger partial charge in [-0.2, -0.15) is 0 Å². The molecule has 0 spiro atoms. The number of hydrogen-bond donors (Lipinski definition) is 1. The average molecular weight is 249 g/mol. The summed E-state index contributed by atoms with van der Waals surface area (Å²) in [6.45, 7) is 7.22. The maximum atomic E-state index is 10.5. The predicted octanol–water partition coefficient (Wildman–Crippen LogP) is 3.42. The number of rotatable bonds is 6. The molecule has 0 saturated heterocycles. The van der Waals surface area contributed by atoms with Crippen molar-refractivity contribution >= 4 is 11.7 Å². The number of carboxylic acid groups (broad SMARTS) is 1. The molecule has 1 rings (SSSR count). The van der Waals surface area contributed by atoms with Crippen LogP contribution in [0.2, 0.25) is 0 Å². The van der Waals surface area contributed by atoms with Crippen molar-refractivity contribution in [2.24, 2.45) is 0 Å². The smallest absolute Gasteiger partial charge is 0.303 e. The number of hydrogen-bond acceptors (Lipinski definition) is 2. The molecule has 0 aliphatic rings. The minimum Gasteiger partial charge on any atom is -0.481 e. The standard InChI is InChI=1S/C15H23NO2/c1-11(2)13-8-7-12(3)14(10-13)16(4)9-5-6-15(17)18/h7-8,10-11H,5-6,9H2,1-4H3,(H,17,18). The van der Waals surface area contributed by atoms with Gasteiger partial charge in [0.15, 0.2) is 0 Å². The quantitative estimate of drug-likeness (QED) is 0.839. The summed E-state index contributed by atoms with van der Waals surface area (Å²) in [4.78, 5) is 12.7. The Bertz CT molecular complexity index is 413. The third-order valence-corrected chi connectivity index (χ3v) is 3.20. The molecule has 0 aliphatic carbocycles. The summed E-state index contributed by atoms with van der Waals surface area (Å²) in [6.07, 6.45) is 0.907. The molecule has 1 N–H and O–H groups in total. The third-order valence-electron chi connectivity index (χ3n) is 3.20. The van der Waals surface area contributed by atoms with E-state index in [4.69, 9.17) is 5.11 Å². The molecule has 0 radical (unpaired) electrons. The number of nitrogens with zero attached hydrogens (tertiary/aromatic N) is 1. The zero-order chi connectivity index (χ0) is 13.7. The van der Waals surface area contributed by atoms with Gasteiger partial charge in [-0.05, 0) is 36.5 Å². The van der Waals surface area contributed by atoms with Crippen LogP contribution >= 0.6 is 0 Å². The second kappa shape index (κ2) is 6.43. The molecule has 0 amide bonds. The molecule has 0 aromatic heterocycles. The molecule has 0 unspecified atom stereocenters. The molecule has 0 bridgehead atoms. The first-order valence-electron chi connectivity index (χ1n) is 6.45. The van der Waals surface area contributed by atoms with E-state index < -0.39 is 5.97 Å². The van der Waals surface area contributed by atoms with Crippen LogP contribution in [0.5, 0.6) is 0 Å². The van der Waals surface area contributed by atoms with E-state index in [1.807, 2.05) is 7.05 Å². The molecule has 1 aromatic rings. The average Bonchev–Trinajstić information content (AvgIpc) is 2.28. The van der Waals surface area contributed by atoms with Crippen LogP contribution in [0.1, 0.15) is 43.7 Å². The molecule has 18 heavy (non-hydrogen) atoms. The highest BCUT2D eigenvalue weighted by molar-refractivity contribution is 5.66. The molecule has 1 aromatic carbocycles. The van der Waals surface area contributed by atoms with Gasteiger partial charge in [-0.15, -0.1) is 0 Å². The Labute approximate surface area is 109 Å². The Morgan fingerprint density at radius 1 is 1.39 bits per heavy atom.